The molecule has 0 unspecified atom stereocenters. The van der Waals surface area contributed by atoms with Gasteiger partial charge in [0.15, 0.2) is 0 Å². The van der Waals surface area contributed by atoms with Gasteiger partial charge >= 0.3 is 6.18 Å². The van der Waals surface area contributed by atoms with Crippen LogP contribution in [0.1, 0.15) is 11.3 Å². The van der Waals surface area contributed by atoms with Gasteiger partial charge in [-0.2, -0.15) is 18.3 Å². The van der Waals surface area contributed by atoms with Crippen LogP contribution in [0, 0.1) is 5.82 Å². The van der Waals surface area contributed by atoms with Crippen LogP contribution in [-0.4, -0.2) is 21.3 Å². The zero-order chi connectivity index (χ0) is 18.3. The lowest BCUT2D eigenvalue weighted by molar-refractivity contribution is -0.137. The third-order valence-electron chi connectivity index (χ3n) is 4.37. The molecule has 142 valence electrons. The number of halogens is 5. The molecule has 1 aliphatic rings. The molecule has 0 amide bonds. The van der Waals surface area contributed by atoms with E-state index < -0.39 is 17.6 Å². The molecule has 0 atom stereocenters. The highest BCUT2D eigenvalue weighted by Gasteiger charge is 2.32. The maximum atomic E-state index is 14.5. The Balaban J connectivity index is 0.00000210. The van der Waals surface area contributed by atoms with Crippen LogP contribution < -0.4 is 5.32 Å². The molecule has 1 N–H and O–H groups in total. The molecule has 0 saturated carbocycles. The Morgan fingerprint density at radius 3 is 2.48 bits per heavy atom. The Hall–Kier alpha value is -2.45. The maximum Gasteiger partial charge on any atom is 0.416 e. The minimum Gasteiger partial charge on any atom is -0.309 e. The van der Waals surface area contributed by atoms with Crippen molar-refractivity contribution >= 4 is 12.4 Å². The normalized spacial score (nSPS) is 13.8. The van der Waals surface area contributed by atoms with Gasteiger partial charge in [-0.1, -0.05) is 0 Å². The molecule has 0 aliphatic carbocycles. The molecule has 0 fully saturated rings. The summed E-state index contributed by atoms with van der Waals surface area (Å²) in [5.74, 6) is -0.946. The van der Waals surface area contributed by atoms with Crippen LogP contribution in [0.25, 0.3) is 22.4 Å². The number of rotatable bonds is 2. The second-order valence-corrected chi connectivity index (χ2v) is 6.00. The van der Waals surface area contributed by atoms with Crippen molar-refractivity contribution in [2.45, 2.75) is 19.3 Å². The molecule has 0 spiro atoms. The van der Waals surface area contributed by atoms with Gasteiger partial charge in [-0.05, 0) is 35.9 Å². The summed E-state index contributed by atoms with van der Waals surface area (Å²) in [6.45, 7) is 1.88. The zero-order valence-corrected chi connectivity index (χ0v) is 14.7. The smallest absolute Gasteiger partial charge is 0.309 e. The number of hydrogen-bond donors (Lipinski definition) is 1. The fourth-order valence-corrected chi connectivity index (χ4v) is 3.15. The standard InChI is InChI=1S/C18H14F4N4.ClH/c19-14-9-12(18(20,21)22)1-2-13(14)17-16(11-3-5-23-6-4-11)15-10-24-7-8-26(15)25-17;/h1-6,9,24H,7-8,10H2;1H. The van der Waals surface area contributed by atoms with Gasteiger partial charge in [0, 0.05) is 36.6 Å². The van der Waals surface area contributed by atoms with E-state index in [0.29, 0.717) is 30.4 Å². The third kappa shape index (κ3) is 3.54. The quantitative estimate of drug-likeness (QED) is 0.655. The largest absolute Gasteiger partial charge is 0.416 e. The van der Waals surface area contributed by atoms with E-state index in [1.807, 2.05) is 0 Å². The summed E-state index contributed by atoms with van der Waals surface area (Å²) in [6, 6.07) is 6.09. The van der Waals surface area contributed by atoms with E-state index in [0.717, 1.165) is 29.9 Å². The van der Waals surface area contributed by atoms with Crippen LogP contribution in [0.15, 0.2) is 42.7 Å². The first-order valence-electron chi connectivity index (χ1n) is 8.03. The van der Waals surface area contributed by atoms with Crippen molar-refractivity contribution in [1.82, 2.24) is 20.1 Å². The van der Waals surface area contributed by atoms with Crippen LogP contribution in [0.3, 0.4) is 0 Å². The van der Waals surface area contributed by atoms with Crippen LogP contribution in [-0.2, 0) is 19.3 Å². The lowest BCUT2D eigenvalue weighted by Crippen LogP contribution is -2.28. The summed E-state index contributed by atoms with van der Waals surface area (Å²) in [6.07, 6.45) is -1.37. The average Bonchev–Trinajstić information content (AvgIpc) is 3.00. The second-order valence-electron chi connectivity index (χ2n) is 6.00. The van der Waals surface area contributed by atoms with E-state index in [1.54, 1.807) is 29.2 Å². The molecular weight excluding hydrogens is 384 g/mol. The Morgan fingerprint density at radius 1 is 1.07 bits per heavy atom. The van der Waals surface area contributed by atoms with E-state index in [9.17, 15) is 17.6 Å². The molecule has 0 radical (unpaired) electrons. The minimum atomic E-state index is -4.59. The van der Waals surface area contributed by atoms with Crippen LogP contribution in [0.4, 0.5) is 17.6 Å². The van der Waals surface area contributed by atoms with Crippen molar-refractivity contribution in [2.24, 2.45) is 0 Å². The van der Waals surface area contributed by atoms with Crippen molar-refractivity contribution < 1.29 is 17.6 Å². The van der Waals surface area contributed by atoms with Gasteiger partial charge in [-0.15, -0.1) is 12.4 Å². The molecule has 0 saturated heterocycles. The van der Waals surface area contributed by atoms with E-state index in [-0.39, 0.29) is 18.0 Å². The van der Waals surface area contributed by atoms with Gasteiger partial charge in [0.25, 0.3) is 0 Å². The van der Waals surface area contributed by atoms with Gasteiger partial charge in [0.1, 0.15) is 11.5 Å². The Kier molecular flexibility index (Phi) is 5.21. The predicted molar refractivity (Wildman–Crippen MR) is 94.8 cm³/mol. The molecule has 4 rings (SSSR count). The van der Waals surface area contributed by atoms with E-state index in [2.05, 4.69) is 15.4 Å². The first kappa shape index (κ1) is 19.3. The van der Waals surface area contributed by atoms with Gasteiger partial charge in [-0.3, -0.25) is 9.67 Å². The Bertz CT molecular complexity index is 954. The summed E-state index contributed by atoms with van der Waals surface area (Å²) >= 11 is 0. The van der Waals surface area contributed by atoms with Crippen molar-refractivity contribution in [2.75, 3.05) is 6.54 Å². The number of aromatic nitrogens is 3. The van der Waals surface area contributed by atoms with Gasteiger partial charge < -0.3 is 5.32 Å². The topological polar surface area (TPSA) is 42.7 Å². The molecule has 1 aromatic carbocycles. The molecular formula is C18H15ClF4N4. The number of hydrogen-bond acceptors (Lipinski definition) is 3. The minimum absolute atomic E-state index is 0. The molecule has 2 aromatic heterocycles. The molecule has 27 heavy (non-hydrogen) atoms. The lowest BCUT2D eigenvalue weighted by Gasteiger charge is -2.16. The number of nitrogens with one attached hydrogen (secondary N) is 1. The Labute approximate surface area is 158 Å². The highest BCUT2D eigenvalue weighted by atomic mass is 35.5. The van der Waals surface area contributed by atoms with Crippen molar-refractivity contribution in [3.05, 3.63) is 59.8 Å². The number of nitrogens with zero attached hydrogens (tertiary/aromatic N) is 3. The van der Waals surface area contributed by atoms with Gasteiger partial charge in [-0.25, -0.2) is 4.39 Å². The average molecular weight is 399 g/mol. The van der Waals surface area contributed by atoms with Crippen molar-refractivity contribution in [1.29, 1.82) is 0 Å². The van der Waals surface area contributed by atoms with Crippen LogP contribution in [0.5, 0.6) is 0 Å². The summed E-state index contributed by atoms with van der Waals surface area (Å²) in [4.78, 5) is 3.98. The zero-order valence-electron chi connectivity index (χ0n) is 13.9. The molecule has 1 aliphatic heterocycles. The highest BCUT2D eigenvalue weighted by Crippen LogP contribution is 2.38. The molecule has 3 heterocycles. The Morgan fingerprint density at radius 2 is 1.81 bits per heavy atom. The number of alkyl halides is 3. The SMILES string of the molecule is Cl.Fc1cc(C(F)(F)F)ccc1-c1nn2c(c1-c1ccncc1)CNCC2. The molecule has 0 bridgehead atoms. The number of pyridine rings is 1. The second kappa shape index (κ2) is 7.28. The molecule has 3 aromatic rings. The van der Waals surface area contributed by atoms with E-state index >= 15 is 0 Å². The highest BCUT2D eigenvalue weighted by molar-refractivity contribution is 5.85. The molecule has 9 heteroatoms. The number of fused-ring (bicyclic) bond motifs is 1. The first-order valence-corrected chi connectivity index (χ1v) is 8.03. The lowest BCUT2D eigenvalue weighted by atomic mass is 9.98. The van der Waals surface area contributed by atoms with Crippen LogP contribution in [0.2, 0.25) is 0 Å². The van der Waals surface area contributed by atoms with Gasteiger partial charge in [0.2, 0.25) is 0 Å². The summed E-state index contributed by atoms with van der Waals surface area (Å²) in [7, 11) is 0. The van der Waals surface area contributed by atoms with Gasteiger partial charge in [0.05, 0.1) is 17.8 Å². The molecule has 4 nitrogen and oxygen atoms in total. The third-order valence-corrected chi connectivity index (χ3v) is 4.37. The monoisotopic (exact) mass is 398 g/mol. The summed E-state index contributed by atoms with van der Waals surface area (Å²) in [5.41, 5.74) is 1.73. The fraction of sp³-hybridized carbons (Fsp3) is 0.222. The van der Waals surface area contributed by atoms with Crippen LogP contribution >= 0.6 is 12.4 Å². The van der Waals surface area contributed by atoms with E-state index in [4.69, 9.17) is 0 Å². The summed E-state index contributed by atoms with van der Waals surface area (Å²) < 4.78 is 54.8. The van der Waals surface area contributed by atoms with Crippen molar-refractivity contribution in [3.63, 3.8) is 0 Å². The predicted octanol–water partition coefficient (Wildman–Crippen LogP) is 4.30. The number of benzene rings is 1. The summed E-state index contributed by atoms with van der Waals surface area (Å²) in [5, 5.41) is 7.73. The maximum absolute atomic E-state index is 14.5. The fourth-order valence-electron chi connectivity index (χ4n) is 3.15. The first-order chi connectivity index (χ1) is 12.4. The van der Waals surface area contributed by atoms with E-state index in [1.165, 1.54) is 0 Å². The van der Waals surface area contributed by atoms with Crippen molar-refractivity contribution in [3.8, 4) is 22.4 Å².